The Balaban J connectivity index is 0.862. The number of aryl methyl sites for hydroxylation is 1. The summed E-state index contributed by atoms with van der Waals surface area (Å²) in [5.74, 6) is 0. The van der Waals surface area contributed by atoms with Gasteiger partial charge in [0.25, 0.3) is 0 Å². The minimum atomic E-state index is -2.79. The van der Waals surface area contributed by atoms with Crippen LogP contribution in [0.5, 0.6) is 0 Å². The first-order valence-electron chi connectivity index (χ1n) is 29.9. The summed E-state index contributed by atoms with van der Waals surface area (Å²) in [5.41, 5.74) is 28.0. The third-order valence-corrected chi connectivity index (χ3v) is 23.9. The van der Waals surface area contributed by atoms with Crippen LogP contribution in [0.4, 0.5) is 85.3 Å². The molecule has 17 rings (SSSR count). The summed E-state index contributed by atoms with van der Waals surface area (Å²) < 4.78 is 0. The van der Waals surface area contributed by atoms with E-state index in [1.165, 1.54) is 66.0 Å². The van der Waals surface area contributed by atoms with Gasteiger partial charge >= 0.3 is 0 Å². The molecule has 0 amide bonds. The smallest absolute Gasteiger partial charge is 0.0573 e. The molecular weight excluding hydrogens is 1080 g/mol. The van der Waals surface area contributed by atoms with Crippen molar-refractivity contribution in [1.29, 1.82) is 0 Å². The van der Waals surface area contributed by atoms with E-state index in [-0.39, 0.29) is 10.8 Å². The molecule has 0 bridgehead atoms. The minimum absolute atomic E-state index is 0.221. The highest BCUT2D eigenvalue weighted by Crippen LogP contribution is 2.68. The van der Waals surface area contributed by atoms with E-state index >= 15 is 0 Å². The highest BCUT2D eigenvalue weighted by Gasteiger charge is 2.52. The van der Waals surface area contributed by atoms with Crippen LogP contribution in [0.15, 0.2) is 273 Å². The summed E-state index contributed by atoms with van der Waals surface area (Å²) in [6.07, 6.45) is 0. The number of hydrogen-bond donors (Lipinski definition) is 0. The first kappa shape index (κ1) is 50.8. The zero-order valence-electron chi connectivity index (χ0n) is 48.6. The second-order valence-corrected chi connectivity index (χ2v) is 28.8. The Hall–Kier alpha value is -9.71. The number of nitrogens with zero attached hydrogens (tertiary/aromatic N) is 5. The van der Waals surface area contributed by atoms with Gasteiger partial charge < -0.3 is 24.5 Å². The van der Waals surface area contributed by atoms with E-state index in [4.69, 9.17) is 11.8 Å². The van der Waals surface area contributed by atoms with Gasteiger partial charge in [0.05, 0.1) is 40.2 Å². The maximum absolute atomic E-state index is 7.68. The number of anilines is 15. The second-order valence-electron chi connectivity index (χ2n) is 24.6. The van der Waals surface area contributed by atoms with Crippen molar-refractivity contribution in [3.05, 3.63) is 301 Å². The normalized spacial score (nSPS) is 16.2. The van der Waals surface area contributed by atoms with Crippen LogP contribution in [0.1, 0.15) is 55.5 Å². The number of para-hydroxylation sites is 4. The minimum Gasteiger partial charge on any atom is -0.310 e. The lowest BCUT2D eigenvalue weighted by Crippen LogP contribution is -2.47. The van der Waals surface area contributed by atoms with Crippen LogP contribution >= 0.6 is 6.04 Å². The number of hydrogen-bond acceptors (Lipinski definition) is 6. The first-order chi connectivity index (χ1) is 42.0. The average Bonchev–Trinajstić information content (AvgIpc) is 0.844. The predicted octanol–water partition coefficient (Wildman–Crippen LogP) is 20.7. The molecule has 12 aromatic carbocycles. The molecule has 5 aliphatic rings. The van der Waals surface area contributed by atoms with Gasteiger partial charge in [-0.15, -0.1) is 0 Å². The van der Waals surface area contributed by atoms with Crippen molar-refractivity contribution in [1.82, 2.24) is 0 Å². The molecule has 3 heterocycles. The molecule has 412 valence electrons. The number of benzene rings is 12. The lowest BCUT2D eigenvalue weighted by Gasteiger charge is -2.51. The summed E-state index contributed by atoms with van der Waals surface area (Å²) >= 11 is 7.68. The highest BCUT2D eigenvalue weighted by molar-refractivity contribution is 8.26. The van der Waals surface area contributed by atoms with E-state index in [1.54, 1.807) is 0 Å². The summed E-state index contributed by atoms with van der Waals surface area (Å²) in [7, 11) is 0. The third-order valence-electron chi connectivity index (χ3n) is 19.0. The van der Waals surface area contributed by atoms with Gasteiger partial charge in [-0.05, 0) is 197 Å². The maximum Gasteiger partial charge on any atom is 0.0573 e. The SMILES string of the molecule is Cc1ccc(N2c3cccc4c3P3(=S)c5c2cccc5N(c2ccc5c(c2)-c2ccc(N(c6ccccc6)c6ccccc6)cc2C5(C)C)c2cccc(c23)N4c2ccc3c(c2)-c2cc(N(c4ccccc4)c4ccccc4)ccc2C3(C)C)cc1. The van der Waals surface area contributed by atoms with Crippen molar-refractivity contribution in [3.63, 3.8) is 0 Å². The monoisotopic (exact) mass is 1140 g/mol. The summed E-state index contributed by atoms with van der Waals surface area (Å²) in [4.78, 5) is 12.3. The summed E-state index contributed by atoms with van der Waals surface area (Å²) in [6, 6.07) is 98.5. The van der Waals surface area contributed by atoms with Gasteiger partial charge in [-0.1, -0.05) is 172 Å². The molecule has 3 aliphatic heterocycles. The molecule has 7 heteroatoms. The molecule has 0 aromatic heterocycles. The molecule has 86 heavy (non-hydrogen) atoms. The molecular formula is C79H60N5PS. The van der Waals surface area contributed by atoms with Crippen molar-refractivity contribution < 1.29 is 0 Å². The summed E-state index contributed by atoms with van der Waals surface area (Å²) in [5, 5.41) is 3.71. The van der Waals surface area contributed by atoms with E-state index < -0.39 is 6.04 Å². The lowest BCUT2D eigenvalue weighted by molar-refractivity contribution is 0.660. The van der Waals surface area contributed by atoms with Gasteiger partial charge in [-0.2, -0.15) is 0 Å². The van der Waals surface area contributed by atoms with Gasteiger partial charge in [-0.3, -0.25) is 0 Å². The van der Waals surface area contributed by atoms with Crippen LogP contribution in [-0.2, 0) is 22.6 Å². The van der Waals surface area contributed by atoms with Crippen molar-refractivity contribution in [2.75, 3.05) is 24.5 Å². The van der Waals surface area contributed by atoms with E-state index in [0.717, 1.165) is 85.3 Å². The van der Waals surface area contributed by atoms with E-state index in [9.17, 15) is 0 Å². The van der Waals surface area contributed by atoms with Gasteiger partial charge in [0, 0.05) is 77.9 Å². The first-order valence-corrected chi connectivity index (χ1v) is 32.7. The molecule has 5 nitrogen and oxygen atoms in total. The predicted molar refractivity (Wildman–Crippen MR) is 366 cm³/mol. The fourth-order valence-electron chi connectivity index (χ4n) is 15.1. The van der Waals surface area contributed by atoms with E-state index in [2.05, 4.69) is 332 Å². The molecule has 2 aliphatic carbocycles. The van der Waals surface area contributed by atoms with Crippen LogP contribution in [0.25, 0.3) is 22.3 Å². The van der Waals surface area contributed by atoms with Crippen molar-refractivity contribution >= 4 is 119 Å². The van der Waals surface area contributed by atoms with Crippen LogP contribution < -0.4 is 40.4 Å². The fraction of sp³-hybridized carbons (Fsp3) is 0.0886. The van der Waals surface area contributed by atoms with E-state index in [0.29, 0.717) is 0 Å². The molecule has 0 saturated heterocycles. The molecule has 12 aromatic rings. The quantitative estimate of drug-likeness (QED) is 0.133. The summed E-state index contributed by atoms with van der Waals surface area (Å²) in [6.45, 7) is 11.7. The second kappa shape index (κ2) is 18.6. The highest BCUT2D eigenvalue weighted by atomic mass is 32.4. The Kier molecular flexibility index (Phi) is 11.0. The Bertz CT molecular complexity index is 4750. The zero-order chi connectivity index (χ0) is 57.8. The van der Waals surface area contributed by atoms with Gasteiger partial charge in [0.2, 0.25) is 0 Å². The third kappa shape index (κ3) is 7.15. The molecule has 1 atom stereocenters. The van der Waals surface area contributed by atoms with Crippen LogP contribution in [0.2, 0.25) is 0 Å². The largest absolute Gasteiger partial charge is 0.310 e. The average molecular weight is 1140 g/mol. The van der Waals surface area contributed by atoms with E-state index in [1.807, 2.05) is 0 Å². The van der Waals surface area contributed by atoms with Gasteiger partial charge in [-0.25, -0.2) is 0 Å². The van der Waals surface area contributed by atoms with Gasteiger partial charge in [0.1, 0.15) is 0 Å². The van der Waals surface area contributed by atoms with Crippen LogP contribution in [0, 0.1) is 6.92 Å². The Labute approximate surface area is 509 Å². The Morgan fingerprint density at radius 1 is 0.291 bits per heavy atom. The zero-order valence-corrected chi connectivity index (χ0v) is 50.3. The van der Waals surface area contributed by atoms with Crippen LogP contribution in [-0.4, -0.2) is 0 Å². The molecule has 0 fully saturated rings. The Morgan fingerprint density at radius 3 is 1.03 bits per heavy atom. The standard InChI is InChI=1S/C79H60N5PS/c1-51-35-37-56(38-36-51)82-69-29-18-31-71-75(69)85(86)76-70(82)30-19-32-72(76)84(59-42-46-67-64(49-59)63-47-57(40-44-66(63)78(67,2)3)80(52-21-10-6-11-22-52)53-23-12-7-13-24-53)74-34-20-33-73(77(74)85)83(71)58-41-45-65-62(48-58)61-43-39-60(50-68(61)79(65,4)5)81(54-25-14-8-15-26-54)55-27-16-9-17-28-55/h6-50H,1-5H3. The van der Waals surface area contributed by atoms with Gasteiger partial charge in [0.15, 0.2) is 0 Å². The van der Waals surface area contributed by atoms with Crippen molar-refractivity contribution in [3.8, 4) is 22.3 Å². The molecule has 0 N–H and O–H groups in total. The van der Waals surface area contributed by atoms with Crippen molar-refractivity contribution in [2.45, 2.75) is 45.4 Å². The number of rotatable bonds is 9. The van der Waals surface area contributed by atoms with Crippen LogP contribution in [0.3, 0.4) is 0 Å². The Morgan fingerprint density at radius 2 is 0.616 bits per heavy atom. The van der Waals surface area contributed by atoms with Crippen molar-refractivity contribution in [2.24, 2.45) is 0 Å². The topological polar surface area (TPSA) is 16.2 Å². The molecule has 0 saturated carbocycles. The molecule has 1 unspecified atom stereocenters. The molecule has 0 spiro atoms. The number of fused-ring (bicyclic) bond motifs is 6. The maximum atomic E-state index is 7.68. The lowest BCUT2D eigenvalue weighted by atomic mass is 9.82. The fourth-order valence-corrected chi connectivity index (χ4v) is 20.4. The molecule has 0 radical (unpaired) electrons.